The van der Waals surface area contributed by atoms with E-state index in [0.717, 1.165) is 46.3 Å². The fourth-order valence-corrected chi connectivity index (χ4v) is 4.88. The Morgan fingerprint density at radius 3 is 2.83 bits per heavy atom. The maximum Gasteiger partial charge on any atom is 0.259 e. The molecular weight excluding hydrogens is 386 g/mol. The summed E-state index contributed by atoms with van der Waals surface area (Å²) in [5.74, 6) is 0.743. The number of nitrogens with zero attached hydrogens (tertiary/aromatic N) is 2. The molecule has 4 nitrogen and oxygen atoms in total. The predicted octanol–water partition coefficient (Wildman–Crippen LogP) is 3.87. The zero-order chi connectivity index (χ0) is 16.7. The molecule has 3 aromatic rings. The van der Waals surface area contributed by atoms with Gasteiger partial charge in [0.2, 0.25) is 0 Å². The van der Waals surface area contributed by atoms with Crippen molar-refractivity contribution in [3.8, 4) is 0 Å². The van der Waals surface area contributed by atoms with E-state index in [1.54, 1.807) is 11.3 Å². The van der Waals surface area contributed by atoms with Gasteiger partial charge in [-0.15, -0.1) is 11.3 Å². The SMILES string of the molecule is CN(Cc1ccc(Br)cc1)Cc1nc2sc3c(c2c(=O)[nH]1)CCC3. The summed E-state index contributed by atoms with van der Waals surface area (Å²) in [5, 5.41) is 0.826. The fourth-order valence-electron chi connectivity index (χ4n) is 3.33. The number of benzene rings is 1. The van der Waals surface area contributed by atoms with Gasteiger partial charge < -0.3 is 4.98 Å². The Labute approximate surface area is 152 Å². The first-order chi connectivity index (χ1) is 11.6. The minimum Gasteiger partial charge on any atom is -0.309 e. The van der Waals surface area contributed by atoms with Gasteiger partial charge >= 0.3 is 0 Å². The molecule has 0 saturated heterocycles. The number of fused-ring (bicyclic) bond motifs is 3. The van der Waals surface area contributed by atoms with Crippen LogP contribution in [0.3, 0.4) is 0 Å². The van der Waals surface area contributed by atoms with Gasteiger partial charge in [0.1, 0.15) is 10.7 Å². The number of thiophene rings is 1. The standard InChI is InChI=1S/C18H18BrN3OS/c1-22(9-11-5-7-12(19)8-6-11)10-15-20-17(23)16-13-3-2-4-14(13)24-18(16)21-15/h5-8H,2-4,9-10H2,1H3,(H,20,21,23). The van der Waals surface area contributed by atoms with Crippen LogP contribution < -0.4 is 5.56 Å². The molecule has 0 aliphatic heterocycles. The summed E-state index contributed by atoms with van der Waals surface area (Å²) in [7, 11) is 2.04. The molecule has 1 N–H and O–H groups in total. The molecule has 1 aromatic carbocycles. The summed E-state index contributed by atoms with van der Waals surface area (Å²) in [4.78, 5) is 24.6. The number of hydrogen-bond acceptors (Lipinski definition) is 4. The van der Waals surface area contributed by atoms with Crippen LogP contribution in [0.25, 0.3) is 10.2 Å². The number of halogens is 1. The average molecular weight is 404 g/mol. The molecule has 1 aliphatic rings. The molecule has 6 heteroatoms. The quantitative estimate of drug-likeness (QED) is 0.718. The number of aryl methyl sites for hydroxylation is 2. The monoisotopic (exact) mass is 403 g/mol. The number of hydrogen-bond donors (Lipinski definition) is 1. The van der Waals surface area contributed by atoms with Crippen molar-refractivity contribution in [2.45, 2.75) is 32.4 Å². The van der Waals surface area contributed by atoms with E-state index in [1.165, 1.54) is 16.0 Å². The summed E-state index contributed by atoms with van der Waals surface area (Å²) >= 11 is 5.15. The van der Waals surface area contributed by atoms with Crippen LogP contribution in [-0.4, -0.2) is 21.9 Å². The van der Waals surface area contributed by atoms with E-state index in [2.05, 4.69) is 37.9 Å². The Balaban J connectivity index is 1.56. The van der Waals surface area contributed by atoms with Gasteiger partial charge in [-0.2, -0.15) is 0 Å². The zero-order valence-corrected chi connectivity index (χ0v) is 15.8. The van der Waals surface area contributed by atoms with Crippen molar-refractivity contribution in [2.75, 3.05) is 7.05 Å². The Morgan fingerprint density at radius 1 is 1.25 bits per heavy atom. The number of H-pyrrole nitrogens is 1. The molecule has 4 rings (SSSR count). The zero-order valence-electron chi connectivity index (χ0n) is 13.4. The summed E-state index contributed by atoms with van der Waals surface area (Å²) in [6.07, 6.45) is 3.27. The van der Waals surface area contributed by atoms with Gasteiger partial charge in [-0.05, 0) is 49.6 Å². The Morgan fingerprint density at radius 2 is 2.04 bits per heavy atom. The lowest BCUT2D eigenvalue weighted by atomic mass is 10.2. The highest BCUT2D eigenvalue weighted by molar-refractivity contribution is 9.10. The van der Waals surface area contributed by atoms with Crippen molar-refractivity contribution in [3.05, 3.63) is 60.9 Å². The lowest BCUT2D eigenvalue weighted by molar-refractivity contribution is 0.311. The molecule has 0 saturated carbocycles. The van der Waals surface area contributed by atoms with Crippen LogP contribution in [0.4, 0.5) is 0 Å². The summed E-state index contributed by atoms with van der Waals surface area (Å²) in [5.41, 5.74) is 2.49. The molecule has 0 bridgehead atoms. The van der Waals surface area contributed by atoms with E-state index in [4.69, 9.17) is 4.98 Å². The third-order valence-corrected chi connectivity index (χ3v) is 6.12. The van der Waals surface area contributed by atoms with Crippen LogP contribution in [0.2, 0.25) is 0 Å². The van der Waals surface area contributed by atoms with E-state index in [0.29, 0.717) is 6.54 Å². The topological polar surface area (TPSA) is 49.0 Å². The van der Waals surface area contributed by atoms with Crippen molar-refractivity contribution in [1.29, 1.82) is 0 Å². The highest BCUT2D eigenvalue weighted by Crippen LogP contribution is 2.34. The molecule has 2 heterocycles. The number of rotatable bonds is 4. The molecule has 0 fully saturated rings. The number of aromatic nitrogens is 2. The van der Waals surface area contributed by atoms with Crippen LogP contribution in [0.1, 0.15) is 28.2 Å². The summed E-state index contributed by atoms with van der Waals surface area (Å²) in [6, 6.07) is 8.29. The van der Waals surface area contributed by atoms with Crippen LogP contribution in [-0.2, 0) is 25.9 Å². The van der Waals surface area contributed by atoms with Gasteiger partial charge in [0.05, 0.1) is 11.9 Å². The van der Waals surface area contributed by atoms with Gasteiger partial charge in [0.25, 0.3) is 5.56 Å². The second-order valence-corrected chi connectivity index (χ2v) is 8.35. The maximum absolute atomic E-state index is 12.5. The Bertz CT molecular complexity index is 945. The molecule has 1 aliphatic carbocycles. The van der Waals surface area contributed by atoms with Crippen molar-refractivity contribution in [3.63, 3.8) is 0 Å². The van der Waals surface area contributed by atoms with E-state index < -0.39 is 0 Å². The van der Waals surface area contributed by atoms with Crippen molar-refractivity contribution >= 4 is 37.5 Å². The minimum atomic E-state index is 0.0199. The summed E-state index contributed by atoms with van der Waals surface area (Å²) < 4.78 is 1.08. The first-order valence-corrected chi connectivity index (χ1v) is 9.67. The molecule has 0 unspecified atom stereocenters. The Hall–Kier alpha value is -1.50. The van der Waals surface area contributed by atoms with E-state index in [1.807, 2.05) is 19.2 Å². The highest BCUT2D eigenvalue weighted by atomic mass is 79.9. The average Bonchev–Trinajstić information content (AvgIpc) is 3.09. The number of nitrogens with one attached hydrogen (secondary N) is 1. The number of aromatic amines is 1. The van der Waals surface area contributed by atoms with Crippen LogP contribution >= 0.6 is 27.3 Å². The lowest BCUT2D eigenvalue weighted by Gasteiger charge is -2.16. The third-order valence-electron chi connectivity index (χ3n) is 4.41. The predicted molar refractivity (Wildman–Crippen MR) is 102 cm³/mol. The second-order valence-electron chi connectivity index (χ2n) is 6.35. The van der Waals surface area contributed by atoms with E-state index >= 15 is 0 Å². The lowest BCUT2D eigenvalue weighted by Crippen LogP contribution is -2.21. The summed E-state index contributed by atoms with van der Waals surface area (Å²) in [6.45, 7) is 1.44. The minimum absolute atomic E-state index is 0.0199. The fraction of sp³-hybridized carbons (Fsp3) is 0.333. The Kier molecular flexibility index (Phi) is 4.28. The molecular formula is C18H18BrN3OS. The third kappa shape index (κ3) is 3.06. The molecule has 0 amide bonds. The van der Waals surface area contributed by atoms with Crippen molar-refractivity contribution in [1.82, 2.24) is 14.9 Å². The van der Waals surface area contributed by atoms with Crippen LogP contribution in [0.5, 0.6) is 0 Å². The first-order valence-electron chi connectivity index (χ1n) is 8.06. The van der Waals surface area contributed by atoms with E-state index in [9.17, 15) is 4.79 Å². The van der Waals surface area contributed by atoms with E-state index in [-0.39, 0.29) is 5.56 Å². The van der Waals surface area contributed by atoms with Gasteiger partial charge in [-0.3, -0.25) is 9.69 Å². The maximum atomic E-state index is 12.5. The van der Waals surface area contributed by atoms with Crippen LogP contribution in [0, 0.1) is 0 Å². The molecule has 0 atom stereocenters. The molecule has 124 valence electrons. The largest absolute Gasteiger partial charge is 0.309 e. The molecule has 0 radical (unpaired) electrons. The molecule has 2 aromatic heterocycles. The second kappa shape index (κ2) is 6.43. The first kappa shape index (κ1) is 16.0. The van der Waals surface area contributed by atoms with Crippen LogP contribution in [0.15, 0.2) is 33.5 Å². The van der Waals surface area contributed by atoms with Gasteiger partial charge in [-0.25, -0.2) is 4.98 Å². The van der Waals surface area contributed by atoms with Gasteiger partial charge in [0, 0.05) is 15.9 Å². The van der Waals surface area contributed by atoms with Crippen molar-refractivity contribution < 1.29 is 0 Å². The van der Waals surface area contributed by atoms with Crippen molar-refractivity contribution in [2.24, 2.45) is 0 Å². The molecule has 24 heavy (non-hydrogen) atoms. The van der Waals surface area contributed by atoms with Gasteiger partial charge in [-0.1, -0.05) is 28.1 Å². The molecule has 0 spiro atoms. The normalized spacial score (nSPS) is 13.8. The smallest absolute Gasteiger partial charge is 0.259 e. The van der Waals surface area contributed by atoms with Gasteiger partial charge in [0.15, 0.2) is 0 Å². The highest BCUT2D eigenvalue weighted by Gasteiger charge is 2.21.